The van der Waals surface area contributed by atoms with Crippen LogP contribution in [0, 0.1) is 0 Å². The molecule has 0 aromatic heterocycles. The number of hydrogen-bond acceptors (Lipinski definition) is 3. The molecular weight excluding hydrogens is 378 g/mol. The van der Waals surface area contributed by atoms with Crippen LogP contribution >= 0.6 is 11.6 Å². The van der Waals surface area contributed by atoms with Crippen molar-refractivity contribution in [1.82, 2.24) is 5.32 Å². The summed E-state index contributed by atoms with van der Waals surface area (Å²) in [6.45, 7) is -2.14. The van der Waals surface area contributed by atoms with E-state index in [1.165, 1.54) is 12.1 Å². The van der Waals surface area contributed by atoms with Gasteiger partial charge in [0.05, 0.1) is 11.3 Å². The standard InChI is InChI=1S/C19H17ClF2N2O3/c20-13-5-8-15(16(10-13)24-9-1-2-17(24)25)18(26)23-11-12-3-6-14(7-4-12)27-19(21)22/h3-8,10,19H,1-2,9,11H2,(H,23,26). The van der Waals surface area contributed by atoms with E-state index in [1.807, 2.05) is 0 Å². The molecule has 0 bridgehead atoms. The van der Waals surface area contributed by atoms with Crippen molar-refractivity contribution in [2.75, 3.05) is 11.4 Å². The van der Waals surface area contributed by atoms with E-state index in [-0.39, 0.29) is 24.1 Å². The number of rotatable bonds is 6. The summed E-state index contributed by atoms with van der Waals surface area (Å²) in [4.78, 5) is 26.2. The molecule has 5 nitrogen and oxygen atoms in total. The number of nitrogens with one attached hydrogen (secondary N) is 1. The quantitative estimate of drug-likeness (QED) is 0.805. The van der Waals surface area contributed by atoms with Crippen molar-refractivity contribution in [3.8, 4) is 5.75 Å². The normalized spacial score (nSPS) is 13.9. The number of alkyl halides is 2. The van der Waals surface area contributed by atoms with Crippen LogP contribution in [0.3, 0.4) is 0 Å². The zero-order valence-electron chi connectivity index (χ0n) is 14.3. The summed E-state index contributed by atoms with van der Waals surface area (Å²) in [6.07, 6.45) is 1.18. The highest BCUT2D eigenvalue weighted by Crippen LogP contribution is 2.28. The van der Waals surface area contributed by atoms with Gasteiger partial charge in [-0.05, 0) is 42.3 Å². The Morgan fingerprint density at radius 2 is 1.96 bits per heavy atom. The second-order valence-electron chi connectivity index (χ2n) is 6.02. The van der Waals surface area contributed by atoms with Crippen molar-refractivity contribution >= 4 is 29.1 Å². The lowest BCUT2D eigenvalue weighted by atomic mass is 10.1. The number of hydrogen-bond donors (Lipinski definition) is 1. The van der Waals surface area contributed by atoms with Gasteiger partial charge in [-0.25, -0.2) is 0 Å². The molecule has 0 atom stereocenters. The average Bonchev–Trinajstić information content (AvgIpc) is 3.06. The first-order valence-electron chi connectivity index (χ1n) is 8.36. The van der Waals surface area contributed by atoms with Crippen LogP contribution in [0.5, 0.6) is 5.75 Å². The topological polar surface area (TPSA) is 58.6 Å². The highest BCUT2D eigenvalue weighted by atomic mass is 35.5. The molecule has 0 saturated carbocycles. The van der Waals surface area contributed by atoms with Crippen molar-refractivity contribution in [3.05, 3.63) is 58.6 Å². The molecule has 142 valence electrons. The van der Waals surface area contributed by atoms with Gasteiger partial charge < -0.3 is 15.0 Å². The first-order valence-corrected chi connectivity index (χ1v) is 8.73. The Labute approximate surface area is 159 Å². The number of benzene rings is 2. The van der Waals surface area contributed by atoms with E-state index in [0.29, 0.717) is 29.2 Å². The predicted octanol–water partition coefficient (Wildman–Crippen LogP) is 4.00. The van der Waals surface area contributed by atoms with Gasteiger partial charge in [-0.1, -0.05) is 23.7 Å². The van der Waals surface area contributed by atoms with Crippen LogP contribution in [-0.2, 0) is 11.3 Å². The lowest BCUT2D eigenvalue weighted by Gasteiger charge is -2.19. The van der Waals surface area contributed by atoms with Gasteiger partial charge in [0.2, 0.25) is 5.91 Å². The Morgan fingerprint density at radius 1 is 1.22 bits per heavy atom. The van der Waals surface area contributed by atoms with Crippen LogP contribution in [0.15, 0.2) is 42.5 Å². The number of ether oxygens (including phenoxy) is 1. The molecule has 2 amide bonds. The summed E-state index contributed by atoms with van der Waals surface area (Å²) < 4.78 is 28.6. The third kappa shape index (κ3) is 4.74. The van der Waals surface area contributed by atoms with Crippen LogP contribution in [0.25, 0.3) is 0 Å². The average molecular weight is 395 g/mol. The zero-order valence-corrected chi connectivity index (χ0v) is 15.0. The van der Waals surface area contributed by atoms with E-state index in [4.69, 9.17) is 11.6 Å². The largest absolute Gasteiger partial charge is 0.435 e. The maximum Gasteiger partial charge on any atom is 0.387 e. The van der Waals surface area contributed by atoms with Crippen molar-refractivity contribution in [3.63, 3.8) is 0 Å². The minimum Gasteiger partial charge on any atom is -0.435 e. The summed E-state index contributed by atoms with van der Waals surface area (Å²) in [7, 11) is 0. The van der Waals surface area contributed by atoms with E-state index >= 15 is 0 Å². The summed E-state index contributed by atoms with van der Waals surface area (Å²) in [6, 6.07) is 10.8. The van der Waals surface area contributed by atoms with Gasteiger partial charge in [-0.2, -0.15) is 8.78 Å². The predicted molar refractivity (Wildman–Crippen MR) is 97.3 cm³/mol. The summed E-state index contributed by atoms with van der Waals surface area (Å²) in [5.41, 5.74) is 1.56. The van der Waals surface area contributed by atoms with Crippen LogP contribution in [-0.4, -0.2) is 25.0 Å². The van der Waals surface area contributed by atoms with E-state index in [1.54, 1.807) is 35.2 Å². The smallest absolute Gasteiger partial charge is 0.387 e. The van der Waals surface area contributed by atoms with Gasteiger partial charge in [0.25, 0.3) is 5.91 Å². The maximum absolute atomic E-state index is 12.6. The Morgan fingerprint density at radius 3 is 2.59 bits per heavy atom. The number of nitrogens with zero attached hydrogens (tertiary/aromatic N) is 1. The molecule has 0 spiro atoms. The molecule has 8 heteroatoms. The molecule has 0 aliphatic carbocycles. The lowest BCUT2D eigenvalue weighted by Crippen LogP contribution is -2.29. The highest BCUT2D eigenvalue weighted by Gasteiger charge is 2.26. The molecule has 1 heterocycles. The molecule has 1 aliphatic heterocycles. The Bertz CT molecular complexity index is 843. The van der Waals surface area contributed by atoms with Crippen molar-refractivity contribution in [1.29, 1.82) is 0 Å². The van der Waals surface area contributed by atoms with Crippen molar-refractivity contribution in [2.24, 2.45) is 0 Å². The van der Waals surface area contributed by atoms with E-state index in [2.05, 4.69) is 10.1 Å². The number of halogens is 3. The summed E-state index contributed by atoms with van der Waals surface area (Å²) in [5, 5.41) is 3.21. The van der Waals surface area contributed by atoms with Crippen LogP contribution in [0.1, 0.15) is 28.8 Å². The molecule has 0 radical (unpaired) electrons. The lowest BCUT2D eigenvalue weighted by molar-refractivity contribution is -0.117. The number of carbonyl (C=O) groups is 2. The zero-order chi connectivity index (χ0) is 19.4. The van der Waals surface area contributed by atoms with E-state index < -0.39 is 6.61 Å². The Hall–Kier alpha value is -2.67. The van der Waals surface area contributed by atoms with Gasteiger partial charge in [0.15, 0.2) is 0 Å². The maximum atomic E-state index is 12.6. The molecule has 1 saturated heterocycles. The van der Waals surface area contributed by atoms with Crippen molar-refractivity contribution < 1.29 is 23.1 Å². The number of carbonyl (C=O) groups excluding carboxylic acids is 2. The van der Waals surface area contributed by atoms with Gasteiger partial charge in [0, 0.05) is 24.5 Å². The van der Waals surface area contributed by atoms with Gasteiger partial charge >= 0.3 is 6.61 Å². The first kappa shape index (κ1) is 19.1. The highest BCUT2D eigenvalue weighted by molar-refractivity contribution is 6.31. The number of amides is 2. The third-order valence-electron chi connectivity index (χ3n) is 4.17. The molecule has 1 N–H and O–H groups in total. The second-order valence-corrected chi connectivity index (χ2v) is 6.45. The Kier molecular flexibility index (Phi) is 5.91. The Balaban J connectivity index is 1.70. The third-order valence-corrected chi connectivity index (χ3v) is 4.41. The molecule has 0 unspecified atom stereocenters. The molecule has 1 fully saturated rings. The number of anilines is 1. The van der Waals surface area contributed by atoms with E-state index in [0.717, 1.165) is 12.0 Å². The minimum atomic E-state index is -2.88. The summed E-state index contributed by atoms with van der Waals surface area (Å²) >= 11 is 6.04. The van der Waals surface area contributed by atoms with Gasteiger partial charge in [-0.3, -0.25) is 9.59 Å². The fraction of sp³-hybridized carbons (Fsp3) is 0.263. The monoisotopic (exact) mass is 394 g/mol. The molecular formula is C19H17ClF2N2O3. The van der Waals surface area contributed by atoms with Gasteiger partial charge in [0.1, 0.15) is 5.75 Å². The fourth-order valence-corrected chi connectivity index (χ4v) is 3.06. The van der Waals surface area contributed by atoms with Crippen LogP contribution in [0.2, 0.25) is 5.02 Å². The molecule has 3 rings (SSSR count). The second kappa shape index (κ2) is 8.35. The molecule has 2 aromatic rings. The molecule has 27 heavy (non-hydrogen) atoms. The minimum absolute atomic E-state index is 0.0408. The van der Waals surface area contributed by atoms with Crippen LogP contribution in [0.4, 0.5) is 14.5 Å². The van der Waals surface area contributed by atoms with E-state index in [9.17, 15) is 18.4 Å². The molecule has 2 aromatic carbocycles. The van der Waals surface area contributed by atoms with Crippen LogP contribution < -0.4 is 15.0 Å². The van der Waals surface area contributed by atoms with Gasteiger partial charge in [-0.15, -0.1) is 0 Å². The SMILES string of the molecule is O=C(NCc1ccc(OC(F)F)cc1)c1ccc(Cl)cc1N1CCCC1=O. The van der Waals surface area contributed by atoms with Crippen molar-refractivity contribution in [2.45, 2.75) is 26.0 Å². The first-order chi connectivity index (χ1) is 12.9. The summed E-state index contributed by atoms with van der Waals surface area (Å²) in [5.74, 6) is -0.345. The molecule has 1 aliphatic rings. The fourth-order valence-electron chi connectivity index (χ4n) is 2.89.